The highest BCUT2D eigenvalue weighted by atomic mass is 14.9. The third-order valence-electron chi connectivity index (χ3n) is 5.69. The van der Waals surface area contributed by atoms with E-state index in [2.05, 4.69) is 56.4 Å². The van der Waals surface area contributed by atoms with Crippen molar-refractivity contribution < 1.29 is 0 Å². The molecule has 1 aromatic carbocycles. The van der Waals surface area contributed by atoms with Crippen LogP contribution in [-0.4, -0.2) is 33.0 Å². The maximum Gasteiger partial charge on any atom is 0.178 e. The number of aromatic amines is 2. The Kier molecular flexibility index (Phi) is 3.75. The minimum atomic E-state index is 0.670. The molecule has 0 radical (unpaired) electrons. The number of aryl methyl sites for hydroxylation is 1. The highest BCUT2D eigenvalue weighted by Crippen LogP contribution is 2.36. The van der Waals surface area contributed by atoms with Gasteiger partial charge in [-0.1, -0.05) is 13.0 Å². The van der Waals surface area contributed by atoms with Crippen LogP contribution in [0.25, 0.3) is 33.3 Å². The minimum Gasteiger partial charge on any atom is -0.354 e. The van der Waals surface area contributed by atoms with E-state index in [-0.39, 0.29) is 0 Å². The summed E-state index contributed by atoms with van der Waals surface area (Å²) in [5, 5.41) is 4.81. The number of hydrogen-bond donors (Lipinski definition) is 3. The van der Waals surface area contributed by atoms with Crippen LogP contribution in [-0.2, 0) is 6.42 Å². The standard InChI is InChI=1S/C21H23N5/c1-2-15-17-11-14(13-5-8-22-9-6-13)3-4-18(17)26-19(15)16-7-10-23-21-20(16)24-12-25-21/h3-4,7,10-13,22,26H,2,5-6,8-9H2,1H3,(H,23,24,25). The first-order valence-electron chi connectivity index (χ1n) is 9.49. The van der Waals surface area contributed by atoms with E-state index in [1.54, 1.807) is 6.33 Å². The van der Waals surface area contributed by atoms with Crippen molar-refractivity contribution in [2.24, 2.45) is 0 Å². The van der Waals surface area contributed by atoms with Crippen molar-refractivity contribution in [3.8, 4) is 11.3 Å². The van der Waals surface area contributed by atoms with Crippen molar-refractivity contribution in [1.82, 2.24) is 25.3 Å². The first-order chi connectivity index (χ1) is 12.8. The van der Waals surface area contributed by atoms with Gasteiger partial charge in [-0.2, -0.15) is 0 Å². The Balaban J connectivity index is 1.68. The predicted octanol–water partition coefficient (Wildman–Crippen LogP) is 4.14. The van der Waals surface area contributed by atoms with Crippen LogP contribution in [0, 0.1) is 0 Å². The summed E-state index contributed by atoms with van der Waals surface area (Å²) in [4.78, 5) is 15.6. The zero-order valence-electron chi connectivity index (χ0n) is 15.0. The molecule has 3 aromatic heterocycles. The number of nitrogens with one attached hydrogen (secondary N) is 3. The second-order valence-corrected chi connectivity index (χ2v) is 7.12. The van der Waals surface area contributed by atoms with E-state index < -0.39 is 0 Å². The van der Waals surface area contributed by atoms with Crippen LogP contribution in [0.5, 0.6) is 0 Å². The van der Waals surface area contributed by atoms with Gasteiger partial charge < -0.3 is 15.3 Å². The van der Waals surface area contributed by atoms with Crippen molar-refractivity contribution in [2.45, 2.75) is 32.1 Å². The fourth-order valence-corrected chi connectivity index (χ4v) is 4.33. The fourth-order valence-electron chi connectivity index (χ4n) is 4.33. The van der Waals surface area contributed by atoms with Gasteiger partial charge in [-0.3, -0.25) is 0 Å². The molecule has 0 spiro atoms. The van der Waals surface area contributed by atoms with Crippen LogP contribution in [0.3, 0.4) is 0 Å². The average molecular weight is 345 g/mol. The molecule has 5 heteroatoms. The molecule has 1 saturated heterocycles. The molecule has 132 valence electrons. The van der Waals surface area contributed by atoms with Crippen LogP contribution < -0.4 is 5.32 Å². The van der Waals surface area contributed by atoms with Crippen molar-refractivity contribution in [1.29, 1.82) is 0 Å². The normalized spacial score (nSPS) is 15.9. The molecule has 1 fully saturated rings. The van der Waals surface area contributed by atoms with Gasteiger partial charge in [0.25, 0.3) is 0 Å². The number of H-pyrrole nitrogens is 2. The average Bonchev–Trinajstić information content (AvgIpc) is 3.32. The number of piperidine rings is 1. The third kappa shape index (κ3) is 2.42. The zero-order chi connectivity index (χ0) is 17.5. The summed E-state index contributed by atoms with van der Waals surface area (Å²) in [6.45, 7) is 4.47. The maximum absolute atomic E-state index is 4.35. The van der Waals surface area contributed by atoms with Gasteiger partial charge in [-0.15, -0.1) is 0 Å². The van der Waals surface area contributed by atoms with Gasteiger partial charge in [0, 0.05) is 22.7 Å². The van der Waals surface area contributed by atoms with E-state index >= 15 is 0 Å². The van der Waals surface area contributed by atoms with E-state index in [9.17, 15) is 0 Å². The predicted molar refractivity (Wildman–Crippen MR) is 105 cm³/mol. The molecule has 5 rings (SSSR count). The lowest BCUT2D eigenvalue weighted by atomic mass is 9.89. The second kappa shape index (κ2) is 6.25. The molecule has 1 aliphatic heterocycles. The lowest BCUT2D eigenvalue weighted by molar-refractivity contribution is 0.460. The van der Waals surface area contributed by atoms with Gasteiger partial charge in [0.1, 0.15) is 0 Å². The topological polar surface area (TPSA) is 69.4 Å². The number of rotatable bonds is 3. The third-order valence-corrected chi connectivity index (χ3v) is 5.69. The summed E-state index contributed by atoms with van der Waals surface area (Å²) in [5.74, 6) is 0.670. The Morgan fingerprint density at radius 1 is 1.12 bits per heavy atom. The molecule has 0 bridgehead atoms. The van der Waals surface area contributed by atoms with E-state index in [0.29, 0.717) is 5.92 Å². The molecule has 3 N–H and O–H groups in total. The molecule has 0 amide bonds. The maximum atomic E-state index is 4.35. The first-order valence-corrected chi connectivity index (χ1v) is 9.49. The van der Waals surface area contributed by atoms with Crippen LogP contribution in [0.1, 0.15) is 36.8 Å². The van der Waals surface area contributed by atoms with Crippen LogP contribution in [0.2, 0.25) is 0 Å². The summed E-state index contributed by atoms with van der Waals surface area (Å²) >= 11 is 0. The Hall–Kier alpha value is -2.66. The number of fused-ring (bicyclic) bond motifs is 2. The van der Waals surface area contributed by atoms with Crippen molar-refractivity contribution in [3.05, 3.63) is 47.9 Å². The molecule has 1 aliphatic rings. The van der Waals surface area contributed by atoms with E-state index in [0.717, 1.165) is 36.2 Å². The minimum absolute atomic E-state index is 0.670. The highest BCUT2D eigenvalue weighted by molar-refractivity contribution is 5.97. The lowest BCUT2D eigenvalue weighted by Gasteiger charge is -2.23. The van der Waals surface area contributed by atoms with Gasteiger partial charge in [-0.05, 0) is 67.6 Å². The van der Waals surface area contributed by atoms with Gasteiger partial charge in [-0.25, -0.2) is 9.97 Å². The molecule has 4 heterocycles. The van der Waals surface area contributed by atoms with Crippen LogP contribution in [0.4, 0.5) is 0 Å². The van der Waals surface area contributed by atoms with E-state index in [4.69, 9.17) is 0 Å². The number of benzene rings is 1. The number of aromatic nitrogens is 4. The molecule has 4 aromatic rings. The van der Waals surface area contributed by atoms with Crippen molar-refractivity contribution in [3.63, 3.8) is 0 Å². The van der Waals surface area contributed by atoms with Gasteiger partial charge in [0.05, 0.1) is 17.5 Å². The number of pyridine rings is 1. The largest absolute Gasteiger partial charge is 0.354 e. The monoisotopic (exact) mass is 345 g/mol. The van der Waals surface area contributed by atoms with E-state index in [1.165, 1.54) is 40.6 Å². The molecule has 0 aliphatic carbocycles. The number of imidazole rings is 1. The molecule has 26 heavy (non-hydrogen) atoms. The number of hydrogen-bond acceptors (Lipinski definition) is 3. The van der Waals surface area contributed by atoms with Gasteiger partial charge >= 0.3 is 0 Å². The molecule has 5 nitrogen and oxygen atoms in total. The first kappa shape index (κ1) is 15.6. The Morgan fingerprint density at radius 3 is 2.85 bits per heavy atom. The summed E-state index contributed by atoms with van der Waals surface area (Å²) in [6.07, 6.45) is 6.99. The molecule has 0 atom stereocenters. The van der Waals surface area contributed by atoms with E-state index in [1.807, 2.05) is 6.20 Å². The Morgan fingerprint density at radius 2 is 2.00 bits per heavy atom. The fraction of sp³-hybridized carbons (Fsp3) is 0.333. The molecule has 0 unspecified atom stereocenters. The zero-order valence-corrected chi connectivity index (χ0v) is 15.0. The summed E-state index contributed by atoms with van der Waals surface area (Å²) in [5.41, 5.74) is 8.13. The number of nitrogens with zero attached hydrogens (tertiary/aromatic N) is 2. The van der Waals surface area contributed by atoms with Crippen molar-refractivity contribution in [2.75, 3.05) is 13.1 Å². The smallest absolute Gasteiger partial charge is 0.178 e. The van der Waals surface area contributed by atoms with Crippen LogP contribution >= 0.6 is 0 Å². The van der Waals surface area contributed by atoms with Crippen LogP contribution in [0.15, 0.2) is 36.8 Å². The Labute approximate surface area is 152 Å². The quantitative estimate of drug-likeness (QED) is 0.523. The van der Waals surface area contributed by atoms with Gasteiger partial charge in [0.2, 0.25) is 0 Å². The van der Waals surface area contributed by atoms with Crippen molar-refractivity contribution >= 4 is 22.1 Å². The summed E-state index contributed by atoms with van der Waals surface area (Å²) in [6, 6.07) is 9.03. The SMILES string of the molecule is CCc1c(-c2ccnc3nc[nH]c23)[nH]c2ccc(C3CCNCC3)cc12. The molecule has 0 saturated carbocycles. The molecular weight excluding hydrogens is 322 g/mol. The van der Waals surface area contributed by atoms with Gasteiger partial charge in [0.15, 0.2) is 5.65 Å². The summed E-state index contributed by atoms with van der Waals surface area (Å²) in [7, 11) is 0. The molecular formula is C21H23N5. The Bertz CT molecular complexity index is 1070. The lowest BCUT2D eigenvalue weighted by Crippen LogP contribution is -2.26. The summed E-state index contributed by atoms with van der Waals surface area (Å²) < 4.78 is 0. The highest BCUT2D eigenvalue weighted by Gasteiger charge is 2.19. The second-order valence-electron chi connectivity index (χ2n) is 7.12.